The number of aromatic nitrogens is 2. The number of hydrogen-bond acceptors (Lipinski definition) is 4. The second kappa shape index (κ2) is 18.7. The van der Waals surface area contributed by atoms with Gasteiger partial charge in [0.25, 0.3) is 0 Å². The van der Waals surface area contributed by atoms with Gasteiger partial charge in [0, 0.05) is 88.6 Å². The molecule has 0 fully saturated rings. The number of rotatable bonds is 10. The molecule has 0 spiro atoms. The molecule has 12 aromatic carbocycles. The molecule has 4 aromatic heterocycles. The maximum absolute atomic E-state index is 6.72. The van der Waals surface area contributed by atoms with Crippen LogP contribution in [-0.2, 0) is 0 Å². The van der Waals surface area contributed by atoms with Crippen molar-refractivity contribution in [1.29, 1.82) is 0 Å². The van der Waals surface area contributed by atoms with E-state index in [-0.39, 0.29) is 0 Å². The summed E-state index contributed by atoms with van der Waals surface area (Å²) in [7, 11) is 0. The molecule has 0 radical (unpaired) electrons. The Bertz CT molecular complexity index is 4870. The lowest BCUT2D eigenvalue weighted by atomic mass is 10.0. The minimum Gasteiger partial charge on any atom is -0.456 e. The van der Waals surface area contributed by atoms with Crippen LogP contribution >= 0.6 is 0 Å². The summed E-state index contributed by atoms with van der Waals surface area (Å²) in [6.07, 6.45) is 0. The van der Waals surface area contributed by atoms with Crippen molar-refractivity contribution in [2.75, 3.05) is 9.80 Å². The van der Waals surface area contributed by atoms with Crippen molar-refractivity contribution in [2.24, 2.45) is 0 Å². The highest BCUT2D eigenvalue weighted by molar-refractivity contribution is 6.17. The number of para-hydroxylation sites is 4. The van der Waals surface area contributed by atoms with E-state index in [0.29, 0.717) is 11.8 Å². The smallest absolute Gasteiger partial charge is 0.136 e. The second-order valence-electron chi connectivity index (χ2n) is 22.6. The lowest BCUT2D eigenvalue weighted by Gasteiger charge is -2.26. The molecule has 0 amide bonds. The number of furan rings is 2. The lowest BCUT2D eigenvalue weighted by Crippen LogP contribution is -2.10. The van der Waals surface area contributed by atoms with Gasteiger partial charge in [-0.1, -0.05) is 137 Å². The van der Waals surface area contributed by atoms with Crippen molar-refractivity contribution >= 4 is 132 Å². The van der Waals surface area contributed by atoms with Gasteiger partial charge in [-0.05, 0) is 179 Å². The SMILES string of the molecule is CC(C)c1cccc(-n2c3ccccc3c3ccc(N(c4ccccc4)c4ccc5oc6cc7cc8oc9ccc(N(c%10ccccc%10)c%10ccc%11c%12ccccc%12n(-c%12cccc(C(C)C)c%12)c%11c%10)cc9c8cc7cc6c5c4)cc32)c1. The van der Waals surface area contributed by atoms with Crippen molar-refractivity contribution in [1.82, 2.24) is 9.13 Å². The molecule has 0 unspecified atom stereocenters. The third-order valence-electron chi connectivity index (χ3n) is 17.0. The van der Waals surface area contributed by atoms with Crippen LogP contribution < -0.4 is 9.80 Å². The lowest BCUT2D eigenvalue weighted by molar-refractivity contribution is 0.668. The quantitative estimate of drug-likeness (QED) is 0.137. The maximum Gasteiger partial charge on any atom is 0.136 e. The molecule has 4 heterocycles. The molecule has 0 saturated carbocycles. The summed E-state index contributed by atoms with van der Waals surface area (Å²) < 4.78 is 18.3. The fourth-order valence-corrected chi connectivity index (χ4v) is 12.9. The van der Waals surface area contributed by atoms with Crippen molar-refractivity contribution in [2.45, 2.75) is 39.5 Å². The van der Waals surface area contributed by atoms with E-state index in [1.807, 2.05) is 0 Å². The molecule has 16 rings (SSSR count). The van der Waals surface area contributed by atoms with E-state index in [1.54, 1.807) is 0 Å². The van der Waals surface area contributed by atoms with Gasteiger partial charge in [-0.3, -0.25) is 0 Å². The molecule has 392 valence electrons. The average Bonchev–Trinajstić information content (AvgIpc) is 3.58. The van der Waals surface area contributed by atoms with E-state index in [9.17, 15) is 0 Å². The first-order valence-electron chi connectivity index (χ1n) is 28.5. The van der Waals surface area contributed by atoms with E-state index in [0.717, 1.165) is 111 Å². The Labute approximate surface area is 474 Å². The molecule has 0 aliphatic heterocycles. The predicted molar refractivity (Wildman–Crippen MR) is 345 cm³/mol. The van der Waals surface area contributed by atoms with Crippen LogP contribution in [0.5, 0.6) is 0 Å². The largest absolute Gasteiger partial charge is 0.456 e. The number of hydrogen-bond donors (Lipinski definition) is 0. The Kier molecular flexibility index (Phi) is 10.8. The second-order valence-corrected chi connectivity index (χ2v) is 22.6. The Balaban J connectivity index is 0.826. The van der Waals surface area contributed by atoms with E-state index >= 15 is 0 Å². The highest BCUT2D eigenvalue weighted by Crippen LogP contribution is 2.46. The molecule has 6 nitrogen and oxygen atoms in total. The van der Waals surface area contributed by atoms with Gasteiger partial charge in [0.2, 0.25) is 0 Å². The van der Waals surface area contributed by atoms with E-state index < -0.39 is 0 Å². The van der Waals surface area contributed by atoms with Gasteiger partial charge in [0.05, 0.1) is 22.1 Å². The summed E-state index contributed by atoms with van der Waals surface area (Å²) in [5, 5.41) is 11.3. The molecular weight excluding hydrogens is 1000 g/mol. The van der Waals surface area contributed by atoms with Crippen molar-refractivity contribution in [3.05, 3.63) is 266 Å². The molecule has 16 aromatic rings. The van der Waals surface area contributed by atoms with E-state index in [2.05, 4.69) is 301 Å². The number of benzene rings is 12. The summed E-state index contributed by atoms with van der Waals surface area (Å²) >= 11 is 0. The Morgan fingerprint density at radius 1 is 0.268 bits per heavy atom. The summed E-state index contributed by atoms with van der Waals surface area (Å²) in [6, 6.07) is 92.8. The van der Waals surface area contributed by atoms with Crippen LogP contribution in [0, 0.1) is 0 Å². The monoisotopic (exact) mass is 1060 g/mol. The summed E-state index contributed by atoms with van der Waals surface area (Å²) in [4.78, 5) is 4.73. The molecule has 0 bridgehead atoms. The molecule has 0 N–H and O–H groups in total. The summed E-state index contributed by atoms with van der Waals surface area (Å²) in [5.41, 5.74) is 19.3. The van der Waals surface area contributed by atoms with Crippen LogP contribution in [0.1, 0.15) is 50.7 Å². The maximum atomic E-state index is 6.72. The van der Waals surface area contributed by atoms with Crippen LogP contribution in [0.4, 0.5) is 34.1 Å². The van der Waals surface area contributed by atoms with Crippen LogP contribution in [-0.4, -0.2) is 9.13 Å². The Hall–Kier alpha value is -10.3. The third-order valence-corrected chi connectivity index (χ3v) is 17.0. The number of fused-ring (bicyclic) bond motifs is 13. The first kappa shape index (κ1) is 47.7. The van der Waals surface area contributed by atoms with Gasteiger partial charge in [-0.15, -0.1) is 0 Å². The normalized spacial score (nSPS) is 12.1. The van der Waals surface area contributed by atoms with E-state index in [4.69, 9.17) is 8.83 Å². The third kappa shape index (κ3) is 7.63. The number of anilines is 6. The van der Waals surface area contributed by atoms with Crippen LogP contribution in [0.25, 0.3) is 110 Å². The highest BCUT2D eigenvalue weighted by Gasteiger charge is 2.23. The van der Waals surface area contributed by atoms with E-state index in [1.165, 1.54) is 43.7 Å². The molecular formula is C76H56N4O2. The fraction of sp³-hybridized carbons (Fsp3) is 0.0789. The van der Waals surface area contributed by atoms with Gasteiger partial charge in [0.1, 0.15) is 22.3 Å². The van der Waals surface area contributed by atoms with Gasteiger partial charge in [0.15, 0.2) is 0 Å². The predicted octanol–water partition coefficient (Wildman–Crippen LogP) is 22.0. The highest BCUT2D eigenvalue weighted by atomic mass is 16.3. The Morgan fingerprint density at radius 3 is 1.10 bits per heavy atom. The Morgan fingerprint density at radius 2 is 0.646 bits per heavy atom. The van der Waals surface area contributed by atoms with Crippen LogP contribution in [0.3, 0.4) is 0 Å². The van der Waals surface area contributed by atoms with Gasteiger partial charge in [-0.25, -0.2) is 0 Å². The summed E-state index contributed by atoms with van der Waals surface area (Å²) in [5.74, 6) is 0.823. The van der Waals surface area contributed by atoms with Crippen LogP contribution in [0.15, 0.2) is 264 Å². The molecule has 0 saturated heterocycles. The molecule has 82 heavy (non-hydrogen) atoms. The standard InChI is InChI=1S/C76H56N4O2/c1-47(2)49-17-15-23-55(37-49)79-69-27-13-11-25-61(69)63-33-29-59(45-71(63)79)77(53-19-7-5-8-20-53)57-31-35-73-67(43-57)65-39-51-40-66-68-44-58(32-36-74(68)82-76(66)42-52(51)41-75(65)81-73)78(54-21-9-6-10-22-54)60-30-34-64-62-26-12-14-28-70(62)80(72(64)46-60)56-24-16-18-50(38-56)48(3)4/h5-48H,1-4H3. The summed E-state index contributed by atoms with van der Waals surface area (Å²) in [6.45, 7) is 9.04. The zero-order chi connectivity index (χ0) is 54.7. The van der Waals surface area contributed by atoms with Gasteiger partial charge >= 0.3 is 0 Å². The number of nitrogens with zero attached hydrogens (tertiary/aromatic N) is 4. The minimum atomic E-state index is 0.412. The van der Waals surface area contributed by atoms with Crippen molar-refractivity contribution in [3.8, 4) is 11.4 Å². The molecule has 0 aliphatic rings. The zero-order valence-electron chi connectivity index (χ0n) is 46.0. The topological polar surface area (TPSA) is 42.6 Å². The first-order chi connectivity index (χ1) is 40.3. The molecule has 0 atom stereocenters. The fourth-order valence-electron chi connectivity index (χ4n) is 12.9. The van der Waals surface area contributed by atoms with Gasteiger partial charge < -0.3 is 27.8 Å². The minimum absolute atomic E-state index is 0.412. The average molecular weight is 1060 g/mol. The molecule has 0 aliphatic carbocycles. The van der Waals surface area contributed by atoms with Crippen LogP contribution in [0.2, 0.25) is 0 Å². The first-order valence-corrected chi connectivity index (χ1v) is 28.5. The zero-order valence-corrected chi connectivity index (χ0v) is 46.0. The van der Waals surface area contributed by atoms with Crippen molar-refractivity contribution < 1.29 is 8.83 Å². The molecule has 6 heteroatoms. The van der Waals surface area contributed by atoms with Crippen molar-refractivity contribution in [3.63, 3.8) is 0 Å². The van der Waals surface area contributed by atoms with Gasteiger partial charge in [-0.2, -0.15) is 0 Å².